The van der Waals surface area contributed by atoms with E-state index < -0.39 is 0 Å². The number of aryl methyl sites for hydroxylation is 2. The molecule has 2 aliphatic rings. The predicted molar refractivity (Wildman–Crippen MR) is 168 cm³/mol. The van der Waals surface area contributed by atoms with Crippen molar-refractivity contribution in [1.82, 2.24) is 9.80 Å². The highest BCUT2D eigenvalue weighted by atomic mass is 16.3. The van der Waals surface area contributed by atoms with E-state index in [1.54, 1.807) is 0 Å². The average molecular weight is 541 g/mol. The van der Waals surface area contributed by atoms with Crippen molar-refractivity contribution in [3.8, 4) is 0 Å². The number of furan rings is 2. The summed E-state index contributed by atoms with van der Waals surface area (Å²) in [5.41, 5.74) is 8.39. The van der Waals surface area contributed by atoms with Crippen LogP contribution in [0.2, 0.25) is 0 Å². The zero-order valence-corrected chi connectivity index (χ0v) is 23.7. The van der Waals surface area contributed by atoms with Crippen LogP contribution < -0.4 is 9.80 Å². The van der Waals surface area contributed by atoms with Crippen molar-refractivity contribution in [3.63, 3.8) is 0 Å². The highest BCUT2D eigenvalue weighted by molar-refractivity contribution is 6.10. The molecular formula is C35H32N4O2. The van der Waals surface area contributed by atoms with Gasteiger partial charge < -0.3 is 28.4 Å². The Hall–Kier alpha value is -4.84. The molecule has 204 valence electrons. The summed E-state index contributed by atoms with van der Waals surface area (Å²) in [6.45, 7) is 9.59. The Kier molecular flexibility index (Phi) is 5.17. The van der Waals surface area contributed by atoms with Crippen molar-refractivity contribution in [2.75, 3.05) is 16.5 Å². The maximum absolute atomic E-state index is 6.41. The maximum atomic E-state index is 6.41. The van der Waals surface area contributed by atoms with Crippen LogP contribution in [0.1, 0.15) is 25.0 Å². The Labute approximate surface area is 238 Å². The van der Waals surface area contributed by atoms with Gasteiger partial charge in [-0.25, -0.2) is 0 Å². The molecule has 0 N–H and O–H groups in total. The number of rotatable bonds is 4. The standard InChI is InChI=1S/C35H32N4O2/c1-22-13-15-28-26-9-5-7-11-30(26)40-34(28)32(22)38-19-17-36(24(38)3)21-37-18-20-39(25(37)4)33-23(2)14-16-29-27-10-6-8-12-31(27)41-35(29)33/h5-20,24-25H,21H2,1-4H3/t24-,25+. The second-order valence-corrected chi connectivity index (χ2v) is 11.3. The number of hydrogen-bond acceptors (Lipinski definition) is 6. The predicted octanol–water partition coefficient (Wildman–Crippen LogP) is 8.64. The molecule has 41 heavy (non-hydrogen) atoms. The van der Waals surface area contributed by atoms with Gasteiger partial charge in [0.15, 0.2) is 11.2 Å². The zero-order valence-electron chi connectivity index (χ0n) is 23.7. The normalized spacial score (nSPS) is 18.9. The maximum Gasteiger partial charge on any atom is 0.159 e. The van der Waals surface area contributed by atoms with Gasteiger partial charge >= 0.3 is 0 Å². The first-order valence-corrected chi connectivity index (χ1v) is 14.3. The van der Waals surface area contributed by atoms with Crippen LogP contribution in [0.25, 0.3) is 43.9 Å². The Bertz CT molecular complexity index is 1890. The van der Waals surface area contributed by atoms with Gasteiger partial charge in [-0.2, -0.15) is 0 Å². The lowest BCUT2D eigenvalue weighted by atomic mass is 10.1. The number of hydrogen-bond donors (Lipinski definition) is 0. The van der Waals surface area contributed by atoms with E-state index >= 15 is 0 Å². The Morgan fingerprint density at radius 3 is 1.44 bits per heavy atom. The van der Waals surface area contributed by atoms with E-state index in [0.717, 1.165) is 61.9 Å². The first-order valence-electron chi connectivity index (χ1n) is 14.3. The third-order valence-electron chi connectivity index (χ3n) is 8.89. The first-order chi connectivity index (χ1) is 20.0. The molecule has 6 nitrogen and oxygen atoms in total. The summed E-state index contributed by atoms with van der Waals surface area (Å²) in [5, 5.41) is 4.62. The quantitative estimate of drug-likeness (QED) is 0.223. The number of benzene rings is 4. The monoisotopic (exact) mass is 540 g/mol. The fourth-order valence-corrected chi connectivity index (χ4v) is 6.56. The lowest BCUT2D eigenvalue weighted by Gasteiger charge is -2.36. The lowest BCUT2D eigenvalue weighted by Crippen LogP contribution is -2.45. The lowest BCUT2D eigenvalue weighted by molar-refractivity contribution is 0.176. The Morgan fingerprint density at radius 2 is 0.976 bits per heavy atom. The van der Waals surface area contributed by atoms with Crippen molar-refractivity contribution < 1.29 is 8.83 Å². The molecule has 2 aromatic heterocycles. The third-order valence-corrected chi connectivity index (χ3v) is 8.89. The van der Waals surface area contributed by atoms with E-state index in [1.165, 1.54) is 11.1 Å². The summed E-state index contributed by atoms with van der Waals surface area (Å²) >= 11 is 0. The molecule has 4 heterocycles. The minimum Gasteiger partial charge on any atom is -0.454 e. The SMILES string of the molecule is Cc1ccc2c(oc3ccccc32)c1N1C=CN(CN2C=CN(c3c(C)ccc4c3oc3ccccc34)[C@H]2C)[C@H]1C. The second kappa shape index (κ2) is 8.83. The first kappa shape index (κ1) is 24.0. The molecule has 2 aliphatic heterocycles. The van der Waals surface area contributed by atoms with Gasteiger partial charge in [0.05, 0.1) is 18.0 Å². The molecule has 0 saturated heterocycles. The smallest absolute Gasteiger partial charge is 0.159 e. The molecule has 0 bridgehead atoms. The van der Waals surface area contributed by atoms with E-state index in [4.69, 9.17) is 8.83 Å². The molecule has 2 atom stereocenters. The Morgan fingerprint density at radius 1 is 0.537 bits per heavy atom. The van der Waals surface area contributed by atoms with Crippen LogP contribution in [0.3, 0.4) is 0 Å². The van der Waals surface area contributed by atoms with Crippen molar-refractivity contribution in [3.05, 3.63) is 109 Å². The molecule has 6 heteroatoms. The van der Waals surface area contributed by atoms with Gasteiger partial charge in [0.1, 0.15) is 23.5 Å². The van der Waals surface area contributed by atoms with Gasteiger partial charge in [-0.1, -0.05) is 60.7 Å². The Balaban J connectivity index is 1.08. The van der Waals surface area contributed by atoms with E-state index in [1.807, 2.05) is 24.3 Å². The minimum absolute atomic E-state index is 0.128. The molecular weight excluding hydrogens is 508 g/mol. The molecule has 0 amide bonds. The van der Waals surface area contributed by atoms with Crippen LogP contribution in [0, 0.1) is 13.8 Å². The number of para-hydroxylation sites is 2. The van der Waals surface area contributed by atoms with E-state index in [0.29, 0.717) is 0 Å². The average Bonchev–Trinajstić information content (AvgIpc) is 3.73. The topological polar surface area (TPSA) is 39.2 Å². The molecule has 4 aromatic carbocycles. The third kappa shape index (κ3) is 3.50. The van der Waals surface area contributed by atoms with E-state index in [2.05, 4.69) is 121 Å². The van der Waals surface area contributed by atoms with E-state index in [-0.39, 0.29) is 12.3 Å². The summed E-state index contributed by atoms with van der Waals surface area (Å²) < 4.78 is 12.8. The van der Waals surface area contributed by atoms with Gasteiger partial charge in [-0.3, -0.25) is 0 Å². The van der Waals surface area contributed by atoms with Crippen LogP contribution in [-0.2, 0) is 0 Å². The molecule has 0 radical (unpaired) electrons. The minimum atomic E-state index is 0.128. The van der Waals surface area contributed by atoms with Crippen molar-refractivity contribution in [1.29, 1.82) is 0 Å². The molecule has 0 aliphatic carbocycles. The number of nitrogens with zero attached hydrogens (tertiary/aromatic N) is 4. The van der Waals surface area contributed by atoms with E-state index in [9.17, 15) is 0 Å². The van der Waals surface area contributed by atoms with Gasteiger partial charge in [0.25, 0.3) is 0 Å². The molecule has 8 rings (SSSR count). The molecule has 0 saturated carbocycles. The molecule has 0 fully saturated rings. The summed E-state index contributed by atoms with van der Waals surface area (Å²) in [6.07, 6.45) is 9.01. The number of fused-ring (bicyclic) bond motifs is 6. The number of anilines is 2. The van der Waals surface area contributed by atoms with Crippen LogP contribution >= 0.6 is 0 Å². The highest BCUT2D eigenvalue weighted by Crippen LogP contribution is 2.41. The molecule has 6 aromatic rings. The van der Waals surface area contributed by atoms with Crippen LogP contribution in [0.15, 0.2) is 106 Å². The fourth-order valence-electron chi connectivity index (χ4n) is 6.56. The summed E-state index contributed by atoms with van der Waals surface area (Å²) in [5.74, 6) is 0. The summed E-state index contributed by atoms with van der Waals surface area (Å²) in [7, 11) is 0. The van der Waals surface area contributed by atoms with Crippen molar-refractivity contribution >= 4 is 55.3 Å². The van der Waals surface area contributed by atoms with Crippen molar-refractivity contribution in [2.24, 2.45) is 0 Å². The van der Waals surface area contributed by atoms with Gasteiger partial charge in [0.2, 0.25) is 0 Å². The fraction of sp³-hybridized carbons (Fsp3) is 0.200. The van der Waals surface area contributed by atoms with Crippen molar-refractivity contribution in [2.45, 2.75) is 40.0 Å². The summed E-state index contributed by atoms with van der Waals surface area (Å²) in [6, 6.07) is 25.3. The second-order valence-electron chi connectivity index (χ2n) is 11.3. The van der Waals surface area contributed by atoms with Crippen LogP contribution in [-0.4, -0.2) is 28.8 Å². The molecule has 0 unspecified atom stereocenters. The van der Waals surface area contributed by atoms with Gasteiger partial charge in [-0.05, 0) is 51.0 Å². The van der Waals surface area contributed by atoms with Gasteiger partial charge in [0, 0.05) is 46.3 Å². The largest absolute Gasteiger partial charge is 0.454 e. The highest BCUT2D eigenvalue weighted by Gasteiger charge is 2.32. The van der Waals surface area contributed by atoms with Gasteiger partial charge in [-0.15, -0.1) is 0 Å². The van der Waals surface area contributed by atoms with Crippen LogP contribution in [0.5, 0.6) is 0 Å². The van der Waals surface area contributed by atoms with Crippen LogP contribution in [0.4, 0.5) is 11.4 Å². The molecule has 0 spiro atoms. The zero-order chi connectivity index (χ0) is 27.8. The summed E-state index contributed by atoms with van der Waals surface area (Å²) in [4.78, 5) is 9.42.